The molecule has 2 heterocycles. The maximum Gasteiger partial charge on any atom is 0.318 e. The fourth-order valence-corrected chi connectivity index (χ4v) is 3.71. The van der Waals surface area contributed by atoms with E-state index in [2.05, 4.69) is 10.3 Å². The summed E-state index contributed by atoms with van der Waals surface area (Å²) >= 11 is 6.28. The first-order valence-electron chi connectivity index (χ1n) is 9.15. The molecule has 28 heavy (non-hydrogen) atoms. The molecule has 0 spiro atoms. The van der Waals surface area contributed by atoms with Crippen molar-refractivity contribution in [2.45, 2.75) is 25.9 Å². The molecule has 1 aliphatic heterocycles. The van der Waals surface area contributed by atoms with Gasteiger partial charge >= 0.3 is 6.03 Å². The van der Waals surface area contributed by atoms with E-state index in [1.165, 1.54) is 6.20 Å². The van der Waals surface area contributed by atoms with Gasteiger partial charge in [0.25, 0.3) is 0 Å². The summed E-state index contributed by atoms with van der Waals surface area (Å²) in [6.45, 7) is 5.42. The Labute approximate surface area is 169 Å². The van der Waals surface area contributed by atoms with Crippen LogP contribution in [0.5, 0.6) is 5.75 Å². The number of anilines is 1. The Balaban J connectivity index is 1.65. The summed E-state index contributed by atoms with van der Waals surface area (Å²) < 4.78 is 19.2. The van der Waals surface area contributed by atoms with Crippen molar-refractivity contribution >= 4 is 23.3 Å². The van der Waals surface area contributed by atoms with Gasteiger partial charge in [0, 0.05) is 36.9 Å². The van der Waals surface area contributed by atoms with Crippen molar-refractivity contribution in [2.75, 3.05) is 31.6 Å². The molecule has 1 N–H and O–H groups in total. The van der Waals surface area contributed by atoms with Crippen LogP contribution in [0.2, 0.25) is 5.02 Å². The van der Waals surface area contributed by atoms with E-state index in [-0.39, 0.29) is 23.9 Å². The van der Waals surface area contributed by atoms with Crippen LogP contribution in [-0.4, -0.2) is 48.7 Å². The number of ether oxygens (including phenoxy) is 1. The minimum Gasteiger partial charge on any atom is -0.497 e. The van der Waals surface area contributed by atoms with Gasteiger partial charge < -0.3 is 19.9 Å². The monoisotopic (exact) mass is 406 g/mol. The van der Waals surface area contributed by atoms with Gasteiger partial charge in [0.2, 0.25) is 0 Å². The molecule has 0 unspecified atom stereocenters. The average Bonchev–Trinajstić information content (AvgIpc) is 2.68. The zero-order valence-corrected chi connectivity index (χ0v) is 16.9. The van der Waals surface area contributed by atoms with Crippen LogP contribution in [0.1, 0.15) is 25.5 Å². The van der Waals surface area contributed by atoms with Crippen LogP contribution in [0.25, 0.3) is 0 Å². The van der Waals surface area contributed by atoms with Gasteiger partial charge in [-0.05, 0) is 43.7 Å². The van der Waals surface area contributed by atoms with Crippen LogP contribution < -0.4 is 15.0 Å². The zero-order chi connectivity index (χ0) is 20.3. The number of nitrogens with one attached hydrogen (secondary N) is 1. The SMILES string of the molecule is COc1ccc(Cl)c([C@@H](C)NC(=O)N2CCN(c3ccncc3F)C[C@H]2C)c1. The molecule has 0 bridgehead atoms. The molecule has 150 valence electrons. The van der Waals surface area contributed by atoms with Gasteiger partial charge in [0.15, 0.2) is 5.82 Å². The van der Waals surface area contributed by atoms with Crippen molar-refractivity contribution in [1.29, 1.82) is 0 Å². The Morgan fingerprint density at radius 3 is 2.86 bits per heavy atom. The quantitative estimate of drug-likeness (QED) is 0.837. The smallest absolute Gasteiger partial charge is 0.318 e. The van der Waals surface area contributed by atoms with E-state index in [1.54, 1.807) is 36.4 Å². The Hall–Kier alpha value is -2.54. The summed E-state index contributed by atoms with van der Waals surface area (Å²) in [4.78, 5) is 20.3. The number of methoxy groups -OCH3 is 1. The van der Waals surface area contributed by atoms with Crippen LogP contribution in [0, 0.1) is 5.82 Å². The molecule has 0 saturated carbocycles. The van der Waals surface area contributed by atoms with Crippen molar-refractivity contribution < 1.29 is 13.9 Å². The maximum absolute atomic E-state index is 14.0. The summed E-state index contributed by atoms with van der Waals surface area (Å²) in [6.07, 6.45) is 2.78. The third kappa shape index (κ3) is 4.30. The van der Waals surface area contributed by atoms with Crippen LogP contribution >= 0.6 is 11.6 Å². The number of benzene rings is 1. The number of aromatic nitrogens is 1. The molecule has 1 fully saturated rings. The summed E-state index contributed by atoms with van der Waals surface area (Å²) in [5, 5.41) is 3.57. The van der Waals surface area contributed by atoms with E-state index < -0.39 is 0 Å². The number of nitrogens with zero attached hydrogens (tertiary/aromatic N) is 3. The lowest BCUT2D eigenvalue weighted by atomic mass is 10.1. The molecule has 0 radical (unpaired) electrons. The molecule has 2 atom stereocenters. The van der Waals surface area contributed by atoms with Crippen molar-refractivity contribution in [3.05, 3.63) is 53.1 Å². The second-order valence-corrected chi connectivity index (χ2v) is 7.28. The van der Waals surface area contributed by atoms with E-state index in [0.29, 0.717) is 36.1 Å². The lowest BCUT2D eigenvalue weighted by Crippen LogP contribution is -2.57. The number of pyridine rings is 1. The number of hydrogen-bond acceptors (Lipinski definition) is 4. The van der Waals surface area contributed by atoms with Gasteiger partial charge in [0.05, 0.1) is 25.0 Å². The van der Waals surface area contributed by atoms with Crippen molar-refractivity contribution in [3.63, 3.8) is 0 Å². The Bertz CT molecular complexity index is 851. The van der Waals surface area contributed by atoms with Crippen LogP contribution in [0.15, 0.2) is 36.7 Å². The Kier molecular flexibility index (Phi) is 6.24. The first-order valence-corrected chi connectivity index (χ1v) is 9.53. The minimum absolute atomic E-state index is 0.0747. The Morgan fingerprint density at radius 2 is 2.18 bits per heavy atom. The van der Waals surface area contributed by atoms with Gasteiger partial charge in [0.1, 0.15) is 5.75 Å². The van der Waals surface area contributed by atoms with E-state index in [4.69, 9.17) is 16.3 Å². The summed E-state index contributed by atoms with van der Waals surface area (Å²) in [7, 11) is 1.59. The summed E-state index contributed by atoms with van der Waals surface area (Å²) in [5.41, 5.74) is 1.30. The van der Waals surface area contributed by atoms with Gasteiger partial charge in [-0.2, -0.15) is 0 Å². The van der Waals surface area contributed by atoms with Crippen LogP contribution in [-0.2, 0) is 0 Å². The average molecular weight is 407 g/mol. The maximum atomic E-state index is 14.0. The highest BCUT2D eigenvalue weighted by Crippen LogP contribution is 2.28. The van der Waals surface area contributed by atoms with Crippen molar-refractivity contribution in [3.8, 4) is 5.75 Å². The fraction of sp³-hybridized carbons (Fsp3) is 0.400. The molecule has 1 aromatic heterocycles. The summed E-state index contributed by atoms with van der Waals surface area (Å²) in [5.74, 6) is 0.329. The largest absolute Gasteiger partial charge is 0.497 e. The number of hydrogen-bond donors (Lipinski definition) is 1. The lowest BCUT2D eigenvalue weighted by Gasteiger charge is -2.41. The predicted octanol–water partition coefficient (Wildman–Crippen LogP) is 3.86. The third-order valence-corrected chi connectivity index (χ3v) is 5.33. The Morgan fingerprint density at radius 1 is 1.39 bits per heavy atom. The predicted molar refractivity (Wildman–Crippen MR) is 108 cm³/mol. The molecule has 2 amide bonds. The standard InChI is InChI=1S/C20H24ClFN4O2/c1-13-12-25(19-6-7-23-11-18(19)22)8-9-26(13)20(27)24-14(2)16-10-15(28-3)4-5-17(16)21/h4-7,10-11,13-14H,8-9,12H2,1-3H3,(H,24,27)/t13-,14-/m1/s1. The highest BCUT2D eigenvalue weighted by molar-refractivity contribution is 6.31. The topological polar surface area (TPSA) is 57.7 Å². The number of carbonyl (C=O) groups is 1. The highest BCUT2D eigenvalue weighted by atomic mass is 35.5. The number of rotatable bonds is 4. The zero-order valence-electron chi connectivity index (χ0n) is 16.2. The molecule has 1 aliphatic rings. The van der Waals surface area contributed by atoms with E-state index >= 15 is 0 Å². The van der Waals surface area contributed by atoms with Gasteiger partial charge in [-0.15, -0.1) is 0 Å². The number of piperazine rings is 1. The molecule has 3 rings (SSSR count). The molecule has 6 nitrogen and oxygen atoms in total. The van der Waals surface area contributed by atoms with Gasteiger partial charge in [-0.3, -0.25) is 4.98 Å². The molecule has 0 aliphatic carbocycles. The normalized spacial score (nSPS) is 18.0. The van der Waals surface area contributed by atoms with Crippen LogP contribution in [0.3, 0.4) is 0 Å². The molecule has 8 heteroatoms. The van der Waals surface area contributed by atoms with Crippen LogP contribution in [0.4, 0.5) is 14.9 Å². The second kappa shape index (κ2) is 8.65. The lowest BCUT2D eigenvalue weighted by molar-refractivity contribution is 0.168. The second-order valence-electron chi connectivity index (χ2n) is 6.87. The number of carbonyl (C=O) groups excluding carboxylic acids is 1. The van der Waals surface area contributed by atoms with Crippen molar-refractivity contribution in [2.24, 2.45) is 0 Å². The minimum atomic E-state index is -0.353. The van der Waals surface area contributed by atoms with E-state index in [0.717, 1.165) is 5.56 Å². The molecule has 1 aromatic carbocycles. The van der Waals surface area contributed by atoms with Gasteiger partial charge in [-0.1, -0.05) is 11.6 Å². The first-order chi connectivity index (χ1) is 13.4. The molecule has 1 saturated heterocycles. The molecular weight excluding hydrogens is 383 g/mol. The first kappa shape index (κ1) is 20.2. The number of urea groups is 1. The number of amides is 2. The highest BCUT2D eigenvalue weighted by Gasteiger charge is 2.29. The van der Waals surface area contributed by atoms with Crippen molar-refractivity contribution in [1.82, 2.24) is 15.2 Å². The summed E-state index contributed by atoms with van der Waals surface area (Å²) in [6, 6.07) is 6.48. The van der Waals surface area contributed by atoms with Gasteiger partial charge in [-0.25, -0.2) is 9.18 Å². The van der Waals surface area contributed by atoms with E-state index in [1.807, 2.05) is 24.8 Å². The number of halogens is 2. The third-order valence-electron chi connectivity index (χ3n) is 4.99. The molecular formula is C20H24ClFN4O2. The van der Waals surface area contributed by atoms with E-state index in [9.17, 15) is 9.18 Å². The molecule has 2 aromatic rings. The fourth-order valence-electron chi connectivity index (χ4n) is 3.43.